The van der Waals surface area contributed by atoms with Crippen molar-refractivity contribution in [2.75, 3.05) is 13.1 Å². The van der Waals surface area contributed by atoms with E-state index in [4.69, 9.17) is 5.26 Å². The second-order valence-corrected chi connectivity index (χ2v) is 4.74. The highest BCUT2D eigenvalue weighted by Gasteiger charge is 2.30. The topological polar surface area (TPSA) is 61.2 Å². The Morgan fingerprint density at radius 1 is 1.20 bits per heavy atom. The van der Waals surface area contributed by atoms with Gasteiger partial charge < -0.3 is 4.90 Å². The molecule has 1 aromatic rings. The van der Waals surface area contributed by atoms with Gasteiger partial charge in [0.1, 0.15) is 0 Å². The van der Waals surface area contributed by atoms with Gasteiger partial charge in [-0.25, -0.2) is 0 Å². The minimum atomic E-state index is -1.21. The maximum absolute atomic E-state index is 12.1. The zero-order valence-electron chi connectivity index (χ0n) is 11.2. The summed E-state index contributed by atoms with van der Waals surface area (Å²) in [7, 11) is 0. The molecule has 4 nitrogen and oxygen atoms in total. The molecule has 0 saturated carbocycles. The second-order valence-electron chi connectivity index (χ2n) is 4.74. The van der Waals surface area contributed by atoms with Crippen LogP contribution in [0, 0.1) is 17.2 Å². The summed E-state index contributed by atoms with van der Waals surface area (Å²) in [6.45, 7) is 1.29. The Bertz CT molecular complexity index is 552. The van der Waals surface area contributed by atoms with E-state index < -0.39 is 11.7 Å². The number of allylic oxidation sites excluding steroid dienone is 1. The largest absolute Gasteiger partial charge is 0.341 e. The van der Waals surface area contributed by atoms with Gasteiger partial charge in [0.25, 0.3) is 0 Å². The first-order chi connectivity index (χ1) is 9.72. The summed E-state index contributed by atoms with van der Waals surface area (Å²) in [6, 6.07) is 11.1. The molecule has 1 saturated heterocycles. The lowest BCUT2D eigenvalue weighted by atomic mass is 10.0. The van der Waals surface area contributed by atoms with E-state index in [-0.39, 0.29) is 5.91 Å². The van der Waals surface area contributed by atoms with Gasteiger partial charge in [0, 0.05) is 13.1 Å². The van der Waals surface area contributed by atoms with Crippen LogP contribution in [0.3, 0.4) is 0 Å². The molecule has 20 heavy (non-hydrogen) atoms. The lowest BCUT2D eigenvalue weighted by Gasteiger charge is -2.16. The van der Waals surface area contributed by atoms with Crippen LogP contribution in [0.5, 0.6) is 0 Å². The molecular weight excluding hydrogens is 252 g/mol. The highest BCUT2D eigenvalue weighted by atomic mass is 16.2. The van der Waals surface area contributed by atoms with Crippen molar-refractivity contribution < 1.29 is 9.59 Å². The number of hydrogen-bond acceptors (Lipinski definition) is 3. The molecule has 1 fully saturated rings. The summed E-state index contributed by atoms with van der Waals surface area (Å²) < 4.78 is 0. The van der Waals surface area contributed by atoms with Gasteiger partial charge in [-0.1, -0.05) is 36.4 Å². The van der Waals surface area contributed by atoms with Gasteiger partial charge in [0.2, 0.25) is 5.91 Å². The Kier molecular flexibility index (Phi) is 4.67. The third kappa shape index (κ3) is 3.33. The molecule has 0 bridgehead atoms. The van der Waals surface area contributed by atoms with Gasteiger partial charge in [-0.2, -0.15) is 5.26 Å². The zero-order chi connectivity index (χ0) is 14.4. The molecule has 1 amide bonds. The number of ketones is 1. The van der Waals surface area contributed by atoms with Crippen molar-refractivity contribution >= 4 is 17.8 Å². The molecule has 0 aliphatic carbocycles. The number of benzene rings is 1. The number of rotatable bonds is 4. The van der Waals surface area contributed by atoms with Crippen LogP contribution in [0.2, 0.25) is 0 Å². The quantitative estimate of drug-likeness (QED) is 0.620. The maximum Gasteiger partial charge on any atom is 0.247 e. The lowest BCUT2D eigenvalue weighted by molar-refractivity contribution is -0.136. The summed E-state index contributed by atoms with van der Waals surface area (Å²) >= 11 is 0. The normalized spacial score (nSPS) is 16.1. The van der Waals surface area contributed by atoms with Crippen LogP contribution in [-0.2, 0) is 9.59 Å². The Hall–Kier alpha value is -2.41. The first-order valence-corrected chi connectivity index (χ1v) is 6.68. The third-order valence-corrected chi connectivity index (χ3v) is 3.32. The van der Waals surface area contributed by atoms with Crippen LogP contribution in [-0.4, -0.2) is 29.7 Å². The lowest BCUT2D eigenvalue weighted by Crippen LogP contribution is -2.36. The van der Waals surface area contributed by atoms with Crippen molar-refractivity contribution in [3.8, 4) is 6.07 Å². The van der Waals surface area contributed by atoms with Crippen LogP contribution in [0.25, 0.3) is 6.08 Å². The average molecular weight is 268 g/mol. The Morgan fingerprint density at radius 3 is 2.45 bits per heavy atom. The maximum atomic E-state index is 12.1. The molecule has 1 unspecified atom stereocenters. The van der Waals surface area contributed by atoms with Gasteiger partial charge in [-0.3, -0.25) is 9.59 Å². The van der Waals surface area contributed by atoms with Crippen molar-refractivity contribution in [3.63, 3.8) is 0 Å². The van der Waals surface area contributed by atoms with Crippen LogP contribution in [0.15, 0.2) is 36.4 Å². The Labute approximate surface area is 118 Å². The van der Waals surface area contributed by atoms with E-state index in [1.807, 2.05) is 36.4 Å². The summed E-state index contributed by atoms with van der Waals surface area (Å²) in [5.74, 6) is -2.03. The number of hydrogen-bond donors (Lipinski definition) is 0. The van der Waals surface area contributed by atoms with Gasteiger partial charge in [-0.15, -0.1) is 0 Å². The average Bonchev–Trinajstić information content (AvgIpc) is 3.01. The van der Waals surface area contributed by atoms with Gasteiger partial charge in [0.05, 0.1) is 6.07 Å². The SMILES string of the molecule is N#CC(C(=O)C=Cc1ccccc1)C(=O)N1CCCC1. The fourth-order valence-corrected chi connectivity index (χ4v) is 2.20. The number of amides is 1. The van der Waals surface area contributed by atoms with E-state index in [2.05, 4.69) is 0 Å². The highest BCUT2D eigenvalue weighted by molar-refractivity contribution is 6.10. The predicted molar refractivity (Wildman–Crippen MR) is 75.4 cm³/mol. The number of nitriles is 1. The molecule has 102 valence electrons. The molecule has 1 atom stereocenters. The van der Waals surface area contributed by atoms with Crippen molar-refractivity contribution in [3.05, 3.63) is 42.0 Å². The zero-order valence-corrected chi connectivity index (χ0v) is 11.2. The van der Waals surface area contributed by atoms with Crippen LogP contribution >= 0.6 is 0 Å². The first kappa shape index (κ1) is 14.0. The molecule has 1 aromatic carbocycles. The monoisotopic (exact) mass is 268 g/mol. The number of likely N-dealkylation sites (tertiary alicyclic amines) is 1. The van der Waals surface area contributed by atoms with Crippen molar-refractivity contribution in [2.45, 2.75) is 12.8 Å². The Balaban J connectivity index is 2.04. The number of nitrogens with zero attached hydrogens (tertiary/aromatic N) is 2. The van der Waals surface area contributed by atoms with Crippen molar-refractivity contribution in [1.82, 2.24) is 4.90 Å². The fraction of sp³-hybridized carbons (Fsp3) is 0.312. The van der Waals surface area contributed by atoms with Gasteiger partial charge >= 0.3 is 0 Å². The van der Waals surface area contributed by atoms with Crippen LogP contribution in [0.1, 0.15) is 18.4 Å². The molecule has 0 radical (unpaired) electrons. The van der Waals surface area contributed by atoms with E-state index >= 15 is 0 Å². The summed E-state index contributed by atoms with van der Waals surface area (Å²) in [5, 5.41) is 9.07. The van der Waals surface area contributed by atoms with E-state index in [9.17, 15) is 9.59 Å². The predicted octanol–water partition coefficient (Wildman–Crippen LogP) is 2.03. The highest BCUT2D eigenvalue weighted by Crippen LogP contribution is 2.13. The summed E-state index contributed by atoms with van der Waals surface area (Å²) in [5.41, 5.74) is 0.867. The summed E-state index contributed by atoms with van der Waals surface area (Å²) in [6.07, 6.45) is 4.83. The molecule has 1 aliphatic heterocycles. The first-order valence-electron chi connectivity index (χ1n) is 6.68. The molecule has 0 spiro atoms. The molecule has 2 rings (SSSR count). The third-order valence-electron chi connectivity index (χ3n) is 3.32. The van der Waals surface area contributed by atoms with E-state index in [1.54, 1.807) is 11.0 Å². The standard InChI is InChI=1S/C16H16N2O2/c17-12-14(16(20)18-10-4-5-11-18)15(19)9-8-13-6-2-1-3-7-13/h1-3,6-9,14H,4-5,10-11H2. The van der Waals surface area contributed by atoms with Crippen LogP contribution in [0.4, 0.5) is 0 Å². The molecule has 0 aromatic heterocycles. The Morgan fingerprint density at radius 2 is 1.85 bits per heavy atom. The molecule has 1 aliphatic rings. The number of carbonyl (C=O) groups excluding carboxylic acids is 2. The van der Waals surface area contributed by atoms with Crippen molar-refractivity contribution in [2.24, 2.45) is 5.92 Å². The summed E-state index contributed by atoms with van der Waals surface area (Å²) in [4.78, 5) is 25.7. The minimum Gasteiger partial charge on any atom is -0.341 e. The van der Waals surface area contributed by atoms with E-state index in [1.165, 1.54) is 6.08 Å². The fourth-order valence-electron chi connectivity index (χ4n) is 2.20. The molecule has 4 heteroatoms. The smallest absolute Gasteiger partial charge is 0.247 e. The van der Waals surface area contributed by atoms with E-state index in [0.717, 1.165) is 18.4 Å². The molecule has 1 heterocycles. The molecular formula is C16H16N2O2. The van der Waals surface area contributed by atoms with Crippen LogP contribution < -0.4 is 0 Å². The number of carbonyl (C=O) groups is 2. The van der Waals surface area contributed by atoms with Crippen molar-refractivity contribution in [1.29, 1.82) is 5.26 Å². The molecule has 0 N–H and O–H groups in total. The van der Waals surface area contributed by atoms with E-state index in [0.29, 0.717) is 13.1 Å². The van der Waals surface area contributed by atoms with Gasteiger partial charge in [-0.05, 0) is 24.5 Å². The van der Waals surface area contributed by atoms with Gasteiger partial charge in [0.15, 0.2) is 11.7 Å². The minimum absolute atomic E-state index is 0.368. The second kappa shape index (κ2) is 6.67.